The molecule has 122 valence electrons. The summed E-state index contributed by atoms with van der Waals surface area (Å²) in [6.07, 6.45) is 13.6. The Morgan fingerprint density at radius 3 is 2.73 bits per heavy atom. The Hall–Kier alpha value is -0.790. The fraction of sp³-hybridized carbons (Fsp3) is 0.850. The zero-order chi connectivity index (χ0) is 15.5. The third kappa shape index (κ3) is 1.82. The molecular formula is C20H31NO. The molecule has 4 rings (SSSR count). The van der Waals surface area contributed by atoms with Gasteiger partial charge in [0.05, 0.1) is 0 Å². The topological polar surface area (TPSA) is 29.1 Å². The maximum atomic E-state index is 11.7. The predicted molar refractivity (Wildman–Crippen MR) is 89.2 cm³/mol. The van der Waals surface area contributed by atoms with Gasteiger partial charge in [-0.05, 0) is 73.7 Å². The lowest BCUT2D eigenvalue weighted by Crippen LogP contribution is -2.59. The number of fused-ring (bicyclic) bond motifs is 5. The van der Waals surface area contributed by atoms with E-state index in [1.165, 1.54) is 44.9 Å². The highest BCUT2D eigenvalue weighted by molar-refractivity contribution is 5.89. The zero-order valence-corrected chi connectivity index (χ0v) is 14.4. The molecule has 1 aliphatic heterocycles. The first-order valence-electron chi connectivity index (χ1n) is 9.49. The maximum Gasteiger partial charge on any atom is 0.243 e. The van der Waals surface area contributed by atoms with Gasteiger partial charge in [0.25, 0.3) is 0 Å². The van der Waals surface area contributed by atoms with Crippen LogP contribution in [0, 0.1) is 34.5 Å². The van der Waals surface area contributed by atoms with Crippen molar-refractivity contribution in [2.75, 3.05) is 0 Å². The van der Waals surface area contributed by atoms with Crippen molar-refractivity contribution in [3.05, 3.63) is 12.2 Å². The van der Waals surface area contributed by atoms with Crippen LogP contribution in [0.1, 0.15) is 65.7 Å². The minimum absolute atomic E-state index is 0.119. The number of hydrogen-bond donors (Lipinski definition) is 1. The van der Waals surface area contributed by atoms with Crippen molar-refractivity contribution < 1.29 is 4.79 Å². The van der Waals surface area contributed by atoms with Crippen molar-refractivity contribution >= 4 is 5.91 Å². The van der Waals surface area contributed by atoms with E-state index in [1.54, 1.807) is 6.08 Å². The minimum Gasteiger partial charge on any atom is -0.349 e. The number of rotatable bonds is 1. The average Bonchev–Trinajstić information content (AvgIpc) is 2.84. The van der Waals surface area contributed by atoms with Crippen LogP contribution in [0.2, 0.25) is 0 Å². The maximum absolute atomic E-state index is 11.7. The summed E-state index contributed by atoms with van der Waals surface area (Å²) in [6, 6.07) is 0.374. The largest absolute Gasteiger partial charge is 0.349 e. The summed E-state index contributed by atoms with van der Waals surface area (Å²) >= 11 is 0. The summed E-state index contributed by atoms with van der Waals surface area (Å²) in [5, 5.41) is 3.26. The molecule has 0 saturated heterocycles. The molecule has 0 aromatic heterocycles. The Morgan fingerprint density at radius 2 is 1.95 bits per heavy atom. The summed E-state index contributed by atoms with van der Waals surface area (Å²) in [4.78, 5) is 11.7. The molecule has 3 aliphatic carbocycles. The van der Waals surface area contributed by atoms with E-state index in [4.69, 9.17) is 0 Å². The molecule has 3 saturated carbocycles. The Balaban J connectivity index is 1.66. The van der Waals surface area contributed by atoms with Crippen LogP contribution in [-0.2, 0) is 4.79 Å². The average molecular weight is 301 g/mol. The molecule has 3 fully saturated rings. The van der Waals surface area contributed by atoms with Crippen molar-refractivity contribution in [1.29, 1.82) is 0 Å². The zero-order valence-electron chi connectivity index (χ0n) is 14.4. The van der Waals surface area contributed by atoms with Crippen LogP contribution < -0.4 is 5.32 Å². The van der Waals surface area contributed by atoms with Gasteiger partial charge < -0.3 is 5.32 Å². The highest BCUT2D eigenvalue weighted by Crippen LogP contribution is 2.65. The van der Waals surface area contributed by atoms with Crippen LogP contribution in [-0.4, -0.2) is 11.9 Å². The number of hydrogen-bond acceptors (Lipinski definition) is 1. The highest BCUT2D eigenvalue weighted by Gasteiger charge is 2.59. The van der Waals surface area contributed by atoms with E-state index in [1.807, 2.05) is 0 Å². The Kier molecular flexibility index (Phi) is 3.26. The molecule has 0 bridgehead atoms. The molecule has 1 N–H and O–H groups in total. The minimum atomic E-state index is 0.119. The number of nitrogens with one attached hydrogen (secondary N) is 1. The second-order valence-electron chi connectivity index (χ2n) is 8.94. The predicted octanol–water partition coefficient (Wildman–Crippen LogP) is 4.31. The van der Waals surface area contributed by atoms with E-state index < -0.39 is 0 Å². The van der Waals surface area contributed by atoms with E-state index in [0.29, 0.717) is 11.5 Å². The van der Waals surface area contributed by atoms with Crippen LogP contribution in [0.25, 0.3) is 0 Å². The summed E-state index contributed by atoms with van der Waals surface area (Å²) in [5.74, 6) is 3.66. The monoisotopic (exact) mass is 301 g/mol. The van der Waals surface area contributed by atoms with Gasteiger partial charge in [-0.1, -0.05) is 33.3 Å². The van der Waals surface area contributed by atoms with Gasteiger partial charge in [0.1, 0.15) is 0 Å². The fourth-order valence-corrected chi connectivity index (χ4v) is 7.11. The third-order valence-electron chi connectivity index (χ3n) is 8.38. The van der Waals surface area contributed by atoms with Crippen LogP contribution in [0.3, 0.4) is 0 Å². The molecule has 0 aromatic carbocycles. The van der Waals surface area contributed by atoms with Gasteiger partial charge in [0.15, 0.2) is 0 Å². The number of carbonyl (C=O) groups excluding carboxylic acids is 1. The van der Waals surface area contributed by atoms with Crippen molar-refractivity contribution in [1.82, 2.24) is 5.32 Å². The molecule has 22 heavy (non-hydrogen) atoms. The van der Waals surface area contributed by atoms with E-state index in [9.17, 15) is 4.79 Å². The molecule has 0 spiro atoms. The molecular weight excluding hydrogens is 270 g/mol. The first-order valence-corrected chi connectivity index (χ1v) is 9.49. The van der Waals surface area contributed by atoms with Crippen molar-refractivity contribution in [2.24, 2.45) is 34.5 Å². The lowest BCUT2D eigenvalue weighted by atomic mass is 9.48. The SMILES string of the molecule is CC[C@H]1CC[C@H]2[C@@H]3CC[C@H]4NC(=O)C=C[C@]4(C)[C@H]3CC[C@]12C. The van der Waals surface area contributed by atoms with Gasteiger partial charge in [0.2, 0.25) is 5.91 Å². The van der Waals surface area contributed by atoms with E-state index in [0.717, 1.165) is 23.7 Å². The summed E-state index contributed by atoms with van der Waals surface area (Å²) < 4.78 is 0. The smallest absolute Gasteiger partial charge is 0.243 e. The number of amides is 1. The molecule has 4 aliphatic rings. The van der Waals surface area contributed by atoms with Crippen LogP contribution in [0.4, 0.5) is 0 Å². The second-order valence-corrected chi connectivity index (χ2v) is 8.94. The summed E-state index contributed by atoms with van der Waals surface area (Å²) in [5.41, 5.74) is 0.795. The normalized spacial score (nSPS) is 53.4. The Bertz CT molecular complexity index is 512. The molecule has 0 unspecified atom stereocenters. The van der Waals surface area contributed by atoms with Crippen LogP contribution in [0.5, 0.6) is 0 Å². The molecule has 2 nitrogen and oxygen atoms in total. The van der Waals surface area contributed by atoms with E-state index in [2.05, 4.69) is 32.2 Å². The lowest BCUT2D eigenvalue weighted by Gasteiger charge is -2.59. The van der Waals surface area contributed by atoms with Gasteiger partial charge in [-0.15, -0.1) is 0 Å². The fourth-order valence-electron chi connectivity index (χ4n) is 7.11. The molecule has 1 heterocycles. The third-order valence-corrected chi connectivity index (χ3v) is 8.38. The van der Waals surface area contributed by atoms with Crippen molar-refractivity contribution in [2.45, 2.75) is 71.8 Å². The molecule has 0 aromatic rings. The van der Waals surface area contributed by atoms with Gasteiger partial charge in [-0.3, -0.25) is 4.79 Å². The Labute approximate surface area is 135 Å². The van der Waals surface area contributed by atoms with E-state index in [-0.39, 0.29) is 11.3 Å². The highest BCUT2D eigenvalue weighted by atomic mass is 16.1. The molecule has 0 radical (unpaired) electrons. The summed E-state index contributed by atoms with van der Waals surface area (Å²) in [6.45, 7) is 7.41. The Morgan fingerprint density at radius 1 is 1.14 bits per heavy atom. The van der Waals surface area contributed by atoms with Crippen LogP contribution in [0.15, 0.2) is 12.2 Å². The van der Waals surface area contributed by atoms with Crippen LogP contribution >= 0.6 is 0 Å². The lowest BCUT2D eigenvalue weighted by molar-refractivity contribution is -0.122. The standard InChI is InChI=1S/C20H31NO/c1-4-13-5-7-15-14-6-8-17-20(3,12-10-18(22)21-17)16(14)9-11-19(13,15)2/h10,12-17H,4-9,11H2,1-3H3,(H,21,22)/t13-,14-,15-,16-,17+,19+,20+/m0/s1. The molecule has 1 amide bonds. The quantitative estimate of drug-likeness (QED) is 0.768. The van der Waals surface area contributed by atoms with Gasteiger partial charge in [0, 0.05) is 11.5 Å². The van der Waals surface area contributed by atoms with Crippen molar-refractivity contribution in [3.63, 3.8) is 0 Å². The second kappa shape index (κ2) is 4.85. The van der Waals surface area contributed by atoms with Gasteiger partial charge in [-0.25, -0.2) is 0 Å². The van der Waals surface area contributed by atoms with Gasteiger partial charge in [-0.2, -0.15) is 0 Å². The number of carbonyl (C=O) groups is 1. The molecule has 2 heteroatoms. The molecule has 7 atom stereocenters. The van der Waals surface area contributed by atoms with Crippen molar-refractivity contribution in [3.8, 4) is 0 Å². The first kappa shape index (κ1) is 14.8. The van der Waals surface area contributed by atoms with Gasteiger partial charge >= 0.3 is 0 Å². The summed E-state index contributed by atoms with van der Waals surface area (Å²) in [7, 11) is 0. The first-order chi connectivity index (χ1) is 10.5. The van der Waals surface area contributed by atoms with E-state index >= 15 is 0 Å².